The van der Waals surface area contributed by atoms with Gasteiger partial charge < -0.3 is 0 Å². The number of nitrogens with zero attached hydrogens (tertiary/aromatic N) is 4. The maximum atomic E-state index is 4.53. The van der Waals surface area contributed by atoms with E-state index >= 15 is 0 Å². The molecule has 4 nitrogen and oxygen atoms in total. The Morgan fingerprint density at radius 2 is 2.00 bits per heavy atom. The molecule has 0 unspecified atom stereocenters. The molecule has 2 aromatic heterocycles. The second-order valence-corrected chi connectivity index (χ2v) is 5.25. The summed E-state index contributed by atoms with van der Waals surface area (Å²) >= 11 is 1.55. The molecule has 0 N–H and O–H groups in total. The lowest BCUT2D eigenvalue weighted by Gasteiger charge is -2.00. The summed E-state index contributed by atoms with van der Waals surface area (Å²) in [6.07, 6.45) is 3.59. The van der Waals surface area contributed by atoms with E-state index in [0.29, 0.717) is 6.54 Å². The largest absolute Gasteiger partial charge is 0.264 e. The maximum Gasteiger partial charge on any atom is 0.223 e. The third kappa shape index (κ3) is 2.83. The summed E-state index contributed by atoms with van der Waals surface area (Å²) in [6.45, 7) is 2.60. The molecule has 0 aliphatic carbocycles. The smallest absolute Gasteiger partial charge is 0.223 e. The molecule has 0 amide bonds. The first-order valence-corrected chi connectivity index (χ1v) is 7.12. The van der Waals surface area contributed by atoms with Crippen LogP contribution >= 0.6 is 11.5 Å². The van der Waals surface area contributed by atoms with E-state index in [9.17, 15) is 0 Å². The van der Waals surface area contributed by atoms with E-state index in [4.69, 9.17) is 0 Å². The van der Waals surface area contributed by atoms with E-state index < -0.39 is 0 Å². The Hall–Kier alpha value is -2.27. The number of rotatable bonds is 3. The molecule has 0 aliphatic rings. The average molecular weight is 282 g/mol. The Balaban J connectivity index is 1.89. The Labute approximate surface area is 121 Å². The zero-order chi connectivity index (χ0) is 13.8. The molecule has 0 aliphatic heterocycles. The summed E-state index contributed by atoms with van der Waals surface area (Å²) < 4.78 is 2.09. The zero-order valence-corrected chi connectivity index (χ0v) is 11.9. The van der Waals surface area contributed by atoms with E-state index in [1.807, 2.05) is 43.5 Å². The number of hydrogen-bond acceptors (Lipinski definition) is 4. The molecule has 3 aromatic rings. The first kappa shape index (κ1) is 12.7. The van der Waals surface area contributed by atoms with Gasteiger partial charge in [-0.25, -0.2) is 4.98 Å². The topological polar surface area (TPSA) is 43.1 Å². The molecule has 0 bridgehead atoms. The minimum atomic E-state index is 0.607. The first-order valence-electron chi connectivity index (χ1n) is 6.35. The van der Waals surface area contributed by atoms with Crippen molar-refractivity contribution in [3.63, 3.8) is 0 Å². The van der Waals surface area contributed by atoms with Crippen molar-refractivity contribution in [1.82, 2.24) is 13.9 Å². The molecule has 0 fully saturated rings. The van der Waals surface area contributed by atoms with Crippen LogP contribution in [0.1, 0.15) is 11.4 Å². The lowest BCUT2D eigenvalue weighted by Crippen LogP contribution is -1.99. The van der Waals surface area contributed by atoms with Crippen LogP contribution < -0.4 is 4.80 Å². The van der Waals surface area contributed by atoms with Crippen molar-refractivity contribution in [2.45, 2.75) is 13.5 Å². The lowest BCUT2D eigenvalue weighted by molar-refractivity contribution is 0.956. The number of pyridine rings is 1. The number of aryl methyl sites for hydroxylation is 1. The summed E-state index contributed by atoms with van der Waals surface area (Å²) in [5, 5.41) is 0. The van der Waals surface area contributed by atoms with Gasteiger partial charge in [0.2, 0.25) is 4.80 Å². The van der Waals surface area contributed by atoms with E-state index in [1.54, 1.807) is 17.7 Å². The lowest BCUT2D eigenvalue weighted by atomic mass is 10.3. The predicted octanol–water partition coefficient (Wildman–Crippen LogP) is 2.74. The Morgan fingerprint density at radius 3 is 2.75 bits per heavy atom. The number of benzene rings is 1. The molecular formula is C15H14N4S. The van der Waals surface area contributed by atoms with Crippen molar-refractivity contribution in [3.8, 4) is 5.69 Å². The van der Waals surface area contributed by atoms with E-state index in [0.717, 1.165) is 21.9 Å². The van der Waals surface area contributed by atoms with Gasteiger partial charge in [-0.15, -0.1) is 0 Å². The highest BCUT2D eigenvalue weighted by atomic mass is 32.1. The zero-order valence-electron chi connectivity index (χ0n) is 11.1. The molecule has 2 heterocycles. The molecule has 5 heteroatoms. The minimum absolute atomic E-state index is 0.607. The Kier molecular flexibility index (Phi) is 3.69. The van der Waals surface area contributed by atoms with Gasteiger partial charge in [0, 0.05) is 12.4 Å². The number of para-hydroxylation sites is 1. The summed E-state index contributed by atoms with van der Waals surface area (Å²) in [6, 6.07) is 14.1. The van der Waals surface area contributed by atoms with Crippen molar-refractivity contribution >= 4 is 11.5 Å². The fraction of sp³-hybridized carbons (Fsp3) is 0.133. The third-order valence-electron chi connectivity index (χ3n) is 2.83. The highest BCUT2D eigenvalue weighted by molar-refractivity contribution is 7.03. The van der Waals surface area contributed by atoms with E-state index in [1.165, 1.54) is 0 Å². The van der Waals surface area contributed by atoms with E-state index in [-0.39, 0.29) is 0 Å². The fourth-order valence-corrected chi connectivity index (χ4v) is 2.73. The molecule has 1 aromatic carbocycles. The van der Waals surface area contributed by atoms with Gasteiger partial charge in [0.15, 0.2) is 0 Å². The number of hydrogen-bond donors (Lipinski definition) is 0. The van der Waals surface area contributed by atoms with E-state index in [2.05, 4.69) is 31.0 Å². The monoisotopic (exact) mass is 282 g/mol. The molecule has 0 atom stereocenters. The summed E-state index contributed by atoms with van der Waals surface area (Å²) in [5.74, 6) is 0.950. The van der Waals surface area contributed by atoms with Crippen LogP contribution in [-0.4, -0.2) is 13.9 Å². The SMILES string of the molecule is Cc1n/c(=N/Cc2cccnc2)sn1-c1ccccc1. The molecular weight excluding hydrogens is 268 g/mol. The van der Waals surface area contributed by atoms with Crippen LogP contribution in [0.15, 0.2) is 59.9 Å². The van der Waals surface area contributed by atoms with Crippen LogP contribution in [0, 0.1) is 6.92 Å². The average Bonchev–Trinajstić information content (AvgIpc) is 2.88. The van der Waals surface area contributed by atoms with Gasteiger partial charge in [-0.3, -0.25) is 13.9 Å². The minimum Gasteiger partial charge on any atom is -0.264 e. The van der Waals surface area contributed by atoms with Crippen LogP contribution in [0.2, 0.25) is 0 Å². The summed E-state index contributed by atoms with van der Waals surface area (Å²) in [7, 11) is 0. The second kappa shape index (κ2) is 5.79. The van der Waals surface area contributed by atoms with Gasteiger partial charge in [0.05, 0.1) is 12.2 Å². The highest BCUT2D eigenvalue weighted by Gasteiger charge is 2.03. The van der Waals surface area contributed by atoms with Gasteiger partial charge in [-0.2, -0.15) is 0 Å². The Bertz CT molecular complexity index is 744. The van der Waals surface area contributed by atoms with Crippen molar-refractivity contribution in [2.75, 3.05) is 0 Å². The highest BCUT2D eigenvalue weighted by Crippen LogP contribution is 2.10. The van der Waals surface area contributed by atoms with Gasteiger partial charge in [-0.1, -0.05) is 24.3 Å². The van der Waals surface area contributed by atoms with Crippen molar-refractivity contribution in [3.05, 3.63) is 71.0 Å². The molecule has 100 valence electrons. The molecule has 0 spiro atoms. The van der Waals surface area contributed by atoms with Gasteiger partial charge in [-0.05, 0) is 42.2 Å². The Morgan fingerprint density at radius 1 is 1.15 bits per heavy atom. The maximum absolute atomic E-state index is 4.53. The van der Waals surface area contributed by atoms with Crippen LogP contribution in [0.3, 0.4) is 0 Å². The standard InChI is InChI=1S/C15H14N4S/c1-12-18-15(17-11-13-6-5-9-16-10-13)20-19(12)14-7-3-2-4-8-14/h2-10H,11H2,1H3/b17-15-. The normalized spacial score (nSPS) is 11.8. The van der Waals surface area contributed by atoms with Crippen molar-refractivity contribution in [2.24, 2.45) is 4.99 Å². The van der Waals surface area contributed by atoms with Gasteiger partial charge in [0.25, 0.3) is 0 Å². The molecule has 0 radical (unpaired) electrons. The summed E-state index contributed by atoms with van der Waals surface area (Å²) in [5.41, 5.74) is 2.21. The third-order valence-corrected chi connectivity index (χ3v) is 3.88. The molecule has 0 saturated heterocycles. The molecule has 0 saturated carbocycles. The summed E-state index contributed by atoms with van der Waals surface area (Å²) in [4.78, 5) is 13.9. The van der Waals surface area contributed by atoms with Crippen molar-refractivity contribution in [1.29, 1.82) is 0 Å². The van der Waals surface area contributed by atoms with Crippen LogP contribution in [-0.2, 0) is 6.54 Å². The fourth-order valence-electron chi connectivity index (χ4n) is 1.87. The van der Waals surface area contributed by atoms with Crippen molar-refractivity contribution < 1.29 is 0 Å². The predicted molar refractivity (Wildman–Crippen MR) is 79.7 cm³/mol. The van der Waals surface area contributed by atoms with Crippen LogP contribution in [0.5, 0.6) is 0 Å². The molecule has 20 heavy (non-hydrogen) atoms. The molecule has 3 rings (SSSR count). The first-order chi connectivity index (χ1) is 9.83. The van der Waals surface area contributed by atoms with Crippen LogP contribution in [0.4, 0.5) is 0 Å². The van der Waals surface area contributed by atoms with Gasteiger partial charge >= 0.3 is 0 Å². The van der Waals surface area contributed by atoms with Crippen LogP contribution in [0.25, 0.3) is 5.69 Å². The second-order valence-electron chi connectivity index (χ2n) is 4.34. The quantitative estimate of drug-likeness (QED) is 0.741. The van der Waals surface area contributed by atoms with Gasteiger partial charge in [0.1, 0.15) is 5.82 Å². The number of aromatic nitrogens is 3.